The first-order chi connectivity index (χ1) is 9.40. The van der Waals surface area contributed by atoms with Gasteiger partial charge >= 0.3 is 0 Å². The quantitative estimate of drug-likeness (QED) is 0.858. The van der Waals surface area contributed by atoms with E-state index < -0.39 is 0 Å². The molecular formula is C14H22N4O2. The summed E-state index contributed by atoms with van der Waals surface area (Å²) in [5, 5.41) is 0. The Morgan fingerprint density at radius 2 is 1.90 bits per heavy atom. The largest absolute Gasteiger partial charge is 0.397 e. The predicted octanol–water partition coefficient (Wildman–Crippen LogP) is 0.548. The number of aryl methyl sites for hydroxylation is 1. The number of hydrogen-bond donors (Lipinski definition) is 1. The molecule has 0 bridgehead atoms. The fraction of sp³-hybridized carbons (Fsp3) is 0.571. The van der Waals surface area contributed by atoms with Gasteiger partial charge in [0.05, 0.1) is 5.69 Å². The monoisotopic (exact) mass is 278 g/mol. The van der Waals surface area contributed by atoms with Crippen molar-refractivity contribution < 1.29 is 9.59 Å². The van der Waals surface area contributed by atoms with Gasteiger partial charge in [0.15, 0.2) is 0 Å². The molecule has 0 radical (unpaired) electrons. The van der Waals surface area contributed by atoms with Crippen molar-refractivity contribution in [3.05, 3.63) is 18.0 Å². The number of rotatable bonds is 2. The molecule has 2 N–H and O–H groups in total. The molecule has 1 saturated heterocycles. The van der Waals surface area contributed by atoms with Gasteiger partial charge in [-0.15, -0.1) is 0 Å². The first-order valence-corrected chi connectivity index (χ1v) is 6.82. The van der Waals surface area contributed by atoms with Crippen molar-refractivity contribution in [1.82, 2.24) is 14.4 Å². The van der Waals surface area contributed by atoms with Crippen molar-refractivity contribution in [2.75, 3.05) is 32.9 Å². The van der Waals surface area contributed by atoms with Gasteiger partial charge in [0.2, 0.25) is 5.91 Å². The number of carbonyl (C=O) groups excluding carboxylic acids is 2. The van der Waals surface area contributed by atoms with Crippen LogP contribution in [0.5, 0.6) is 0 Å². The number of nitrogens with zero attached hydrogens (tertiary/aromatic N) is 3. The van der Waals surface area contributed by atoms with E-state index in [0.29, 0.717) is 24.5 Å². The molecule has 2 amide bonds. The third-order valence-electron chi connectivity index (χ3n) is 3.82. The zero-order valence-electron chi connectivity index (χ0n) is 12.3. The van der Waals surface area contributed by atoms with Crippen molar-refractivity contribution in [2.24, 2.45) is 13.0 Å². The molecule has 1 aliphatic heterocycles. The number of hydrogen-bond acceptors (Lipinski definition) is 3. The van der Waals surface area contributed by atoms with Gasteiger partial charge < -0.3 is 20.1 Å². The first kappa shape index (κ1) is 14.4. The molecule has 6 nitrogen and oxygen atoms in total. The number of piperidine rings is 1. The van der Waals surface area contributed by atoms with E-state index in [9.17, 15) is 9.59 Å². The van der Waals surface area contributed by atoms with Gasteiger partial charge in [0.25, 0.3) is 5.91 Å². The van der Waals surface area contributed by atoms with Gasteiger partial charge in [-0.05, 0) is 18.9 Å². The number of anilines is 1. The SMILES string of the molecule is CN(C)C(=O)C1CCN(C(=O)c2cc(N)cn2C)CC1. The van der Waals surface area contributed by atoms with E-state index in [1.54, 1.807) is 40.7 Å². The van der Waals surface area contributed by atoms with Crippen LogP contribution in [0, 0.1) is 5.92 Å². The van der Waals surface area contributed by atoms with E-state index in [2.05, 4.69) is 0 Å². The number of amides is 2. The van der Waals surface area contributed by atoms with E-state index in [-0.39, 0.29) is 17.7 Å². The Labute approximate surface area is 119 Å². The molecule has 2 rings (SSSR count). The second-order valence-electron chi connectivity index (χ2n) is 5.57. The van der Waals surface area contributed by atoms with Crippen LogP contribution in [0.15, 0.2) is 12.3 Å². The molecule has 110 valence electrons. The molecule has 0 aromatic carbocycles. The number of aromatic nitrogens is 1. The highest BCUT2D eigenvalue weighted by Gasteiger charge is 2.29. The molecule has 1 fully saturated rings. The van der Waals surface area contributed by atoms with Gasteiger partial charge in [-0.3, -0.25) is 9.59 Å². The summed E-state index contributed by atoms with van der Waals surface area (Å²) in [7, 11) is 5.35. The molecule has 1 aliphatic rings. The molecular weight excluding hydrogens is 256 g/mol. The average Bonchev–Trinajstić information content (AvgIpc) is 2.76. The average molecular weight is 278 g/mol. The van der Waals surface area contributed by atoms with Crippen molar-refractivity contribution in [3.8, 4) is 0 Å². The third-order valence-corrected chi connectivity index (χ3v) is 3.82. The molecule has 1 aromatic heterocycles. The zero-order valence-corrected chi connectivity index (χ0v) is 12.3. The number of nitrogens with two attached hydrogens (primary N) is 1. The Morgan fingerprint density at radius 3 is 2.35 bits per heavy atom. The van der Waals surface area contributed by atoms with Crippen LogP contribution >= 0.6 is 0 Å². The molecule has 0 saturated carbocycles. The number of carbonyl (C=O) groups is 2. The predicted molar refractivity (Wildman–Crippen MR) is 77.1 cm³/mol. The normalized spacial score (nSPS) is 16.2. The zero-order chi connectivity index (χ0) is 14.9. The van der Waals surface area contributed by atoms with Crippen LogP contribution in [0.3, 0.4) is 0 Å². The Balaban J connectivity index is 1.99. The Bertz CT molecular complexity index is 513. The highest BCUT2D eigenvalue weighted by Crippen LogP contribution is 2.21. The fourth-order valence-corrected chi connectivity index (χ4v) is 2.66. The van der Waals surface area contributed by atoms with Crippen LogP contribution in [0.2, 0.25) is 0 Å². The van der Waals surface area contributed by atoms with Crippen LogP contribution in [0.4, 0.5) is 5.69 Å². The molecule has 6 heteroatoms. The second kappa shape index (κ2) is 5.56. The van der Waals surface area contributed by atoms with E-state index >= 15 is 0 Å². The highest BCUT2D eigenvalue weighted by molar-refractivity contribution is 5.94. The van der Waals surface area contributed by atoms with Crippen molar-refractivity contribution in [3.63, 3.8) is 0 Å². The summed E-state index contributed by atoms with van der Waals surface area (Å²) in [6.07, 6.45) is 3.18. The molecule has 20 heavy (non-hydrogen) atoms. The van der Waals surface area contributed by atoms with Crippen LogP contribution in [0.25, 0.3) is 0 Å². The molecule has 1 aromatic rings. The molecule has 0 spiro atoms. The Morgan fingerprint density at radius 1 is 1.30 bits per heavy atom. The summed E-state index contributed by atoms with van der Waals surface area (Å²) in [5.41, 5.74) is 6.89. The lowest BCUT2D eigenvalue weighted by Gasteiger charge is -2.32. The van der Waals surface area contributed by atoms with Gasteiger partial charge in [-0.1, -0.05) is 0 Å². The Kier molecular flexibility index (Phi) is 4.01. The summed E-state index contributed by atoms with van der Waals surface area (Å²) in [5.74, 6) is 0.174. The first-order valence-electron chi connectivity index (χ1n) is 6.82. The van der Waals surface area contributed by atoms with Crippen LogP contribution in [-0.4, -0.2) is 53.4 Å². The number of likely N-dealkylation sites (tertiary alicyclic amines) is 1. The van der Waals surface area contributed by atoms with Crippen LogP contribution in [0.1, 0.15) is 23.3 Å². The summed E-state index contributed by atoms with van der Waals surface area (Å²) >= 11 is 0. The van der Waals surface area contributed by atoms with Gasteiger partial charge in [0, 0.05) is 46.3 Å². The molecule has 2 heterocycles. The van der Waals surface area contributed by atoms with E-state index in [1.165, 1.54) is 0 Å². The van der Waals surface area contributed by atoms with Crippen LogP contribution in [-0.2, 0) is 11.8 Å². The van der Waals surface area contributed by atoms with Gasteiger partial charge in [-0.25, -0.2) is 0 Å². The topological polar surface area (TPSA) is 71.6 Å². The third kappa shape index (κ3) is 2.79. The summed E-state index contributed by atoms with van der Waals surface area (Å²) in [6.45, 7) is 1.24. The minimum atomic E-state index is -0.0139. The van der Waals surface area contributed by atoms with E-state index in [1.807, 2.05) is 7.05 Å². The fourth-order valence-electron chi connectivity index (χ4n) is 2.66. The van der Waals surface area contributed by atoms with Crippen molar-refractivity contribution >= 4 is 17.5 Å². The van der Waals surface area contributed by atoms with Crippen molar-refractivity contribution in [2.45, 2.75) is 12.8 Å². The second-order valence-corrected chi connectivity index (χ2v) is 5.57. The smallest absolute Gasteiger partial charge is 0.270 e. The summed E-state index contributed by atoms with van der Waals surface area (Å²) in [6, 6.07) is 1.69. The summed E-state index contributed by atoms with van der Waals surface area (Å²) in [4.78, 5) is 27.7. The standard InChI is InChI=1S/C14H22N4O2/c1-16(2)13(19)10-4-6-18(7-5-10)14(20)12-8-11(15)9-17(12)3/h8-10H,4-7,15H2,1-3H3. The minimum absolute atomic E-state index is 0.0139. The van der Waals surface area contributed by atoms with Crippen molar-refractivity contribution in [1.29, 1.82) is 0 Å². The maximum absolute atomic E-state index is 12.4. The molecule has 0 unspecified atom stereocenters. The maximum Gasteiger partial charge on any atom is 0.270 e. The molecule has 0 atom stereocenters. The van der Waals surface area contributed by atoms with E-state index in [4.69, 9.17) is 5.73 Å². The lowest BCUT2D eigenvalue weighted by Crippen LogP contribution is -2.43. The highest BCUT2D eigenvalue weighted by atomic mass is 16.2. The molecule has 0 aliphatic carbocycles. The lowest BCUT2D eigenvalue weighted by atomic mass is 9.95. The van der Waals surface area contributed by atoms with Gasteiger partial charge in [-0.2, -0.15) is 0 Å². The van der Waals surface area contributed by atoms with Gasteiger partial charge in [0.1, 0.15) is 5.69 Å². The number of nitrogen functional groups attached to an aromatic ring is 1. The Hall–Kier alpha value is -1.98. The maximum atomic E-state index is 12.4. The van der Waals surface area contributed by atoms with Crippen LogP contribution < -0.4 is 5.73 Å². The lowest BCUT2D eigenvalue weighted by molar-refractivity contribution is -0.134. The minimum Gasteiger partial charge on any atom is -0.397 e. The summed E-state index contributed by atoms with van der Waals surface area (Å²) < 4.78 is 1.74. The van der Waals surface area contributed by atoms with E-state index in [0.717, 1.165) is 12.8 Å².